The Morgan fingerprint density at radius 1 is 0.588 bits per heavy atom. The van der Waals surface area contributed by atoms with E-state index in [0.29, 0.717) is 49.5 Å². The molecule has 14 heteroatoms. The first-order valence-electron chi connectivity index (χ1n) is 10.0. The summed E-state index contributed by atoms with van der Waals surface area (Å²) in [6.07, 6.45) is 0. The zero-order valence-electron chi connectivity index (χ0n) is 20.1. The van der Waals surface area contributed by atoms with Crippen LogP contribution in [0.4, 0.5) is 39.5 Å². The van der Waals surface area contributed by atoms with Crippen LogP contribution in [0, 0.1) is 17.8 Å². The first-order valence-corrected chi connectivity index (χ1v) is 12.0. The molecule has 0 fully saturated rings. The van der Waals surface area contributed by atoms with Crippen molar-refractivity contribution in [1.82, 2.24) is 0 Å². The van der Waals surface area contributed by atoms with Gasteiger partial charge in [-0.25, -0.2) is 12.1 Å². The minimum atomic E-state index is -7.72. The topological polar surface area (TPSA) is 71.4 Å². The van der Waals surface area contributed by atoms with Gasteiger partial charge in [0.2, 0.25) is 0 Å². The van der Waals surface area contributed by atoms with E-state index < -0.39 is 30.7 Å². The average molecular weight is 607 g/mol. The van der Waals surface area contributed by atoms with Crippen molar-refractivity contribution in [1.29, 1.82) is 0 Å². The van der Waals surface area contributed by atoms with Crippen LogP contribution in [0.1, 0.15) is 41.5 Å². The Bertz CT molecular complexity index is 531. The fourth-order valence-corrected chi connectivity index (χ4v) is 4.24. The summed E-state index contributed by atoms with van der Waals surface area (Å²) in [4.78, 5) is 0. The van der Waals surface area contributed by atoms with Gasteiger partial charge in [0.15, 0.2) is 0 Å². The summed E-state index contributed by atoms with van der Waals surface area (Å²) >= 11 is 0. The first-order chi connectivity index (χ1) is 14.7. The first kappa shape index (κ1) is 40.9. The Morgan fingerprint density at radius 2 is 0.765 bits per heavy atom. The van der Waals surface area contributed by atoms with Crippen molar-refractivity contribution < 1.29 is 65.7 Å². The SMILES string of the molecule is CC(C)C[NH-].CC(C)C[NH-].CC(C)C[NH-].FC(F)(F)[Si]([c-]1cccc1)(C(F)(F)F)C(F)(F)F.[Zr+4]. The van der Waals surface area contributed by atoms with Crippen LogP contribution in [-0.4, -0.2) is 45.1 Å². The van der Waals surface area contributed by atoms with Crippen LogP contribution in [0.15, 0.2) is 24.3 Å². The molecule has 0 saturated heterocycles. The van der Waals surface area contributed by atoms with Gasteiger partial charge in [0.05, 0.1) is 0 Å². The van der Waals surface area contributed by atoms with Crippen molar-refractivity contribution in [2.24, 2.45) is 17.8 Å². The molecule has 3 nitrogen and oxygen atoms in total. The molecule has 1 aromatic carbocycles. The van der Waals surface area contributed by atoms with Crippen molar-refractivity contribution in [2.75, 3.05) is 19.6 Å². The van der Waals surface area contributed by atoms with Gasteiger partial charge in [-0.15, -0.1) is 24.8 Å². The second kappa shape index (κ2) is 18.0. The average Bonchev–Trinajstić information content (AvgIpc) is 3.13. The number of alkyl halides is 9. The van der Waals surface area contributed by atoms with Gasteiger partial charge in [-0.3, -0.25) is 0 Å². The van der Waals surface area contributed by atoms with Crippen LogP contribution < -0.4 is 5.19 Å². The summed E-state index contributed by atoms with van der Waals surface area (Å²) in [6, 6.07) is 1.84. The maximum Gasteiger partial charge on any atom is 4.00 e. The quantitative estimate of drug-likeness (QED) is 0.187. The van der Waals surface area contributed by atoms with E-state index in [1.54, 1.807) is 0 Å². The van der Waals surface area contributed by atoms with Crippen molar-refractivity contribution >= 4 is 13.3 Å². The molecule has 0 heterocycles. The molecule has 0 aromatic heterocycles. The number of halogens is 9. The van der Waals surface area contributed by atoms with Crippen molar-refractivity contribution in [2.45, 2.75) is 58.9 Å². The second-order valence-corrected chi connectivity index (χ2v) is 12.0. The summed E-state index contributed by atoms with van der Waals surface area (Å²) in [5.74, 6) is -17.6. The van der Waals surface area contributed by atoms with E-state index in [4.69, 9.17) is 17.2 Å². The van der Waals surface area contributed by atoms with Gasteiger partial charge in [-0.05, 0) is 0 Å². The Morgan fingerprint density at radius 3 is 0.882 bits per heavy atom. The molecule has 1 rings (SSSR count). The van der Waals surface area contributed by atoms with E-state index in [-0.39, 0.29) is 38.3 Å². The van der Waals surface area contributed by atoms with Gasteiger partial charge in [0.1, 0.15) is 0 Å². The van der Waals surface area contributed by atoms with Gasteiger partial charge in [-0.2, -0.15) is 51.6 Å². The third-order valence-corrected chi connectivity index (χ3v) is 7.35. The molecule has 0 unspecified atom stereocenters. The predicted molar refractivity (Wildman–Crippen MR) is 118 cm³/mol. The largest absolute Gasteiger partial charge is 4.00 e. The Balaban J connectivity index is -0.000000231. The number of nitrogens with one attached hydrogen (secondary N) is 3. The fourth-order valence-electron chi connectivity index (χ4n) is 1.60. The van der Waals surface area contributed by atoms with E-state index in [1.807, 2.05) is 41.5 Å². The van der Waals surface area contributed by atoms with Crippen LogP contribution >= 0.6 is 0 Å². The molecule has 0 atom stereocenters. The van der Waals surface area contributed by atoms with Crippen LogP contribution in [0.2, 0.25) is 0 Å². The van der Waals surface area contributed by atoms with Gasteiger partial charge < -0.3 is 17.2 Å². The third-order valence-electron chi connectivity index (χ3n) is 3.60. The molecule has 0 radical (unpaired) electrons. The molecule has 0 aliphatic carbocycles. The molecule has 0 aliphatic rings. The Hall–Kier alpha value is -0.300. The molecule has 0 bridgehead atoms. The molecule has 3 N–H and O–H groups in total. The molecule has 0 amide bonds. The standard InChI is InChI=1S/C8H4F9Si.3C4H10N.Zr/c9-6(10,11)18(7(12,13)14,8(15,16)17)5-3-1-2-4-5;3*1-4(2)3-5;/h1-4H;3*4-5H,3H2,1-2H3;/q4*-1;+4. The summed E-state index contributed by atoms with van der Waals surface area (Å²) < 4.78 is 113. The van der Waals surface area contributed by atoms with Gasteiger partial charge in [0.25, 0.3) is 0 Å². The maximum absolute atomic E-state index is 12.6. The monoisotopic (exact) mass is 605 g/mol. The van der Waals surface area contributed by atoms with Crippen molar-refractivity contribution in [3.05, 3.63) is 41.5 Å². The van der Waals surface area contributed by atoms with Crippen LogP contribution in [0.5, 0.6) is 0 Å². The van der Waals surface area contributed by atoms with Crippen LogP contribution in [-0.2, 0) is 26.2 Å². The van der Waals surface area contributed by atoms with Gasteiger partial charge in [0, 0.05) is 0 Å². The van der Waals surface area contributed by atoms with Crippen molar-refractivity contribution in [3.8, 4) is 0 Å². The maximum atomic E-state index is 12.6. The fraction of sp³-hybridized carbons (Fsp3) is 0.750. The molecule has 0 spiro atoms. The van der Waals surface area contributed by atoms with E-state index in [1.165, 1.54) is 0 Å². The zero-order valence-corrected chi connectivity index (χ0v) is 23.5. The minimum Gasteiger partial charge on any atom is -0.677 e. The van der Waals surface area contributed by atoms with Crippen LogP contribution in [0.25, 0.3) is 17.2 Å². The molecular formula is C20H34F9N3SiZr. The zero-order chi connectivity index (χ0) is 27.3. The van der Waals surface area contributed by atoms with E-state index in [0.717, 1.165) is 0 Å². The summed E-state index contributed by atoms with van der Waals surface area (Å²) in [6.45, 7) is 13.9. The summed E-state index contributed by atoms with van der Waals surface area (Å²) in [5.41, 5.74) is 20.0. The van der Waals surface area contributed by atoms with Crippen molar-refractivity contribution in [3.63, 3.8) is 0 Å². The molecule has 200 valence electrons. The van der Waals surface area contributed by atoms with E-state index >= 15 is 0 Å². The molecule has 0 aliphatic heterocycles. The number of hydrogen-bond acceptors (Lipinski definition) is 0. The Kier molecular flexibility index (Phi) is 21.7. The molecule has 0 saturated carbocycles. The second-order valence-electron chi connectivity index (χ2n) is 8.21. The van der Waals surface area contributed by atoms with E-state index in [9.17, 15) is 39.5 Å². The smallest absolute Gasteiger partial charge is 0.677 e. The normalized spacial score (nSPS) is 12.1. The van der Waals surface area contributed by atoms with Gasteiger partial charge >= 0.3 is 51.7 Å². The molecule has 1 aromatic rings. The van der Waals surface area contributed by atoms with E-state index in [2.05, 4.69) is 0 Å². The minimum absolute atomic E-state index is 0. The molecular weight excluding hydrogens is 573 g/mol. The summed E-state index contributed by atoms with van der Waals surface area (Å²) in [5, 5.41) is -1.75. The predicted octanol–water partition coefficient (Wildman–Crippen LogP) is 8.45. The Labute approximate surface area is 216 Å². The molecule has 34 heavy (non-hydrogen) atoms. The third kappa shape index (κ3) is 14.3. The summed E-state index contributed by atoms with van der Waals surface area (Å²) in [7, 11) is -7.72. The number of rotatable bonds is 4. The van der Waals surface area contributed by atoms with Crippen LogP contribution in [0.3, 0.4) is 0 Å². The van der Waals surface area contributed by atoms with Gasteiger partial charge in [-0.1, -0.05) is 59.3 Å². The number of hydrogen-bond donors (Lipinski definition) is 0.